The average molecular weight is 426 g/mol. The van der Waals surface area contributed by atoms with Crippen LogP contribution in [0.3, 0.4) is 0 Å². The Bertz CT molecular complexity index is 599. The van der Waals surface area contributed by atoms with E-state index in [1.165, 1.54) is 18.2 Å². The van der Waals surface area contributed by atoms with E-state index in [1.54, 1.807) is 24.4 Å². The number of hydrogen-bond acceptors (Lipinski definition) is 3. The molecule has 0 fully saturated rings. The van der Waals surface area contributed by atoms with Crippen molar-refractivity contribution in [1.29, 1.82) is 0 Å². The smallest absolute Gasteiger partial charge is 0.277 e. The Morgan fingerprint density at radius 2 is 2.00 bits per heavy atom. The van der Waals surface area contributed by atoms with Gasteiger partial charge in [0.25, 0.3) is 10.1 Å². The van der Waals surface area contributed by atoms with Gasteiger partial charge in [0, 0.05) is 31.2 Å². The molecule has 2 aromatic rings. The Kier molecular flexibility index (Phi) is 4.53. The number of hydrogen-bond donors (Lipinski definition) is 1. The largest absolute Gasteiger partial charge is 0.305 e. The van der Waals surface area contributed by atoms with E-state index in [2.05, 4.69) is 11.1 Å². The van der Waals surface area contributed by atoms with Crippen LogP contribution in [0, 0.1) is 6.07 Å². The molecule has 0 bridgehead atoms. The van der Waals surface area contributed by atoms with Gasteiger partial charge in [-0.2, -0.15) is 8.42 Å². The summed E-state index contributed by atoms with van der Waals surface area (Å²) < 4.78 is 30.8. The Labute approximate surface area is 113 Å². The Morgan fingerprint density at radius 3 is 2.59 bits per heavy atom. The number of pyridine rings is 1. The van der Waals surface area contributed by atoms with Crippen molar-refractivity contribution in [3.63, 3.8) is 0 Å². The molecule has 0 saturated carbocycles. The van der Waals surface area contributed by atoms with Gasteiger partial charge in [0.1, 0.15) is 0 Å². The zero-order valence-corrected chi connectivity index (χ0v) is 11.7. The molecule has 1 N–H and O–H groups in total. The van der Waals surface area contributed by atoms with Crippen LogP contribution in [0.25, 0.3) is 11.3 Å². The van der Waals surface area contributed by atoms with Gasteiger partial charge in [-0.15, -0.1) is 29.8 Å². The molecular weight excluding hydrogens is 418 g/mol. The van der Waals surface area contributed by atoms with Crippen LogP contribution in [0.5, 0.6) is 0 Å². The molecule has 91 valence electrons. The summed E-state index contributed by atoms with van der Waals surface area (Å²) in [6, 6.07) is 12.2. The molecule has 1 aromatic heterocycles. The van der Waals surface area contributed by atoms with Gasteiger partial charge in [-0.05, 0) is 11.8 Å². The number of aromatic nitrogens is 1. The first-order valence-electron chi connectivity index (χ1n) is 4.48. The number of rotatable bonds is 2. The maximum Gasteiger partial charge on any atom is 0.277 e. The van der Waals surface area contributed by atoms with Crippen molar-refractivity contribution in [2.75, 3.05) is 0 Å². The van der Waals surface area contributed by atoms with Crippen molar-refractivity contribution >= 4 is 10.1 Å². The van der Waals surface area contributed by atoms with Crippen molar-refractivity contribution < 1.29 is 33.1 Å². The fraction of sp³-hybridized carbons (Fsp3) is 0. The molecule has 0 spiro atoms. The molecule has 17 heavy (non-hydrogen) atoms. The fourth-order valence-electron chi connectivity index (χ4n) is 1.28. The summed E-state index contributed by atoms with van der Waals surface area (Å²) in [5, 5.41) is 0. The van der Waals surface area contributed by atoms with Gasteiger partial charge in [-0.1, -0.05) is 12.1 Å². The zero-order chi connectivity index (χ0) is 11.6. The molecule has 0 unspecified atom stereocenters. The summed E-state index contributed by atoms with van der Waals surface area (Å²) in [5.41, 5.74) is 1.13. The first-order valence-corrected chi connectivity index (χ1v) is 5.92. The summed E-state index contributed by atoms with van der Waals surface area (Å²) in [6.07, 6.45) is 1.60. The van der Waals surface area contributed by atoms with E-state index >= 15 is 0 Å². The summed E-state index contributed by atoms with van der Waals surface area (Å²) in [7, 11) is -4.18. The van der Waals surface area contributed by atoms with Crippen molar-refractivity contribution in [3.05, 3.63) is 48.7 Å². The predicted octanol–water partition coefficient (Wildman–Crippen LogP) is 1.79. The molecule has 0 amide bonds. The average Bonchev–Trinajstić information content (AvgIpc) is 2.29. The first-order chi connectivity index (χ1) is 7.57. The fourth-order valence-corrected chi connectivity index (χ4v) is 1.78. The maximum absolute atomic E-state index is 10.9. The summed E-state index contributed by atoms with van der Waals surface area (Å²) in [6.45, 7) is 0. The quantitative estimate of drug-likeness (QED) is 0.588. The first kappa shape index (κ1) is 14.0. The molecular formula is C11H8IrNO3S-. The molecule has 0 saturated heterocycles. The van der Waals surface area contributed by atoms with Crippen LogP contribution < -0.4 is 0 Å². The SMILES string of the molecule is O=S(=O)(O)c1cc[c-]c(-c2ccccn2)c1.[Ir]. The molecule has 4 nitrogen and oxygen atoms in total. The minimum absolute atomic E-state index is 0. The van der Waals surface area contributed by atoms with Gasteiger partial charge in [-0.3, -0.25) is 4.55 Å². The van der Waals surface area contributed by atoms with Crippen LogP contribution in [0.2, 0.25) is 0 Å². The Hall–Kier alpha value is -1.07. The van der Waals surface area contributed by atoms with E-state index in [4.69, 9.17) is 4.55 Å². The van der Waals surface area contributed by atoms with E-state index in [-0.39, 0.29) is 25.0 Å². The molecule has 0 atom stereocenters. The summed E-state index contributed by atoms with van der Waals surface area (Å²) >= 11 is 0. The second-order valence-electron chi connectivity index (χ2n) is 3.13. The molecule has 1 heterocycles. The number of benzene rings is 1. The van der Waals surface area contributed by atoms with Gasteiger partial charge >= 0.3 is 0 Å². The second kappa shape index (κ2) is 5.51. The van der Waals surface area contributed by atoms with Gasteiger partial charge in [0.15, 0.2) is 0 Å². The van der Waals surface area contributed by atoms with E-state index in [0.29, 0.717) is 11.3 Å². The van der Waals surface area contributed by atoms with Gasteiger partial charge < -0.3 is 4.98 Å². The minimum Gasteiger partial charge on any atom is -0.305 e. The van der Waals surface area contributed by atoms with Crippen LogP contribution in [-0.2, 0) is 30.2 Å². The summed E-state index contributed by atoms with van der Waals surface area (Å²) in [4.78, 5) is 3.90. The van der Waals surface area contributed by atoms with Crippen molar-refractivity contribution in [1.82, 2.24) is 4.98 Å². The van der Waals surface area contributed by atoms with E-state index in [9.17, 15) is 8.42 Å². The zero-order valence-electron chi connectivity index (χ0n) is 8.49. The summed E-state index contributed by atoms with van der Waals surface area (Å²) in [5.74, 6) is 0. The standard InChI is InChI=1S/C11H8NO3S.Ir/c13-16(14,15)10-5-3-4-9(8-10)11-6-1-2-7-12-11;/h1-3,5-8H,(H,13,14,15);/q-1;. The molecule has 0 aliphatic heterocycles. The molecule has 2 rings (SSSR count). The molecule has 1 aromatic carbocycles. The Balaban J connectivity index is 0.00000144. The van der Waals surface area contributed by atoms with Gasteiger partial charge in [0.05, 0.1) is 0 Å². The Morgan fingerprint density at radius 1 is 1.24 bits per heavy atom. The minimum atomic E-state index is -4.18. The monoisotopic (exact) mass is 427 g/mol. The molecule has 0 aliphatic carbocycles. The van der Waals surface area contributed by atoms with Gasteiger partial charge in [0.2, 0.25) is 0 Å². The van der Waals surface area contributed by atoms with Crippen LogP contribution in [0.4, 0.5) is 0 Å². The topological polar surface area (TPSA) is 67.3 Å². The molecule has 1 radical (unpaired) electrons. The molecule has 0 aliphatic rings. The van der Waals surface area contributed by atoms with Crippen LogP contribution in [0.1, 0.15) is 0 Å². The molecule has 6 heteroatoms. The second-order valence-corrected chi connectivity index (χ2v) is 4.55. The third-order valence-corrected chi connectivity index (χ3v) is 2.86. The maximum atomic E-state index is 10.9. The van der Waals surface area contributed by atoms with Crippen LogP contribution >= 0.6 is 0 Å². The van der Waals surface area contributed by atoms with Crippen LogP contribution in [0.15, 0.2) is 47.5 Å². The van der Waals surface area contributed by atoms with Crippen molar-refractivity contribution in [2.45, 2.75) is 4.90 Å². The van der Waals surface area contributed by atoms with E-state index in [1.807, 2.05) is 0 Å². The third-order valence-electron chi connectivity index (χ3n) is 2.01. The number of nitrogens with zero attached hydrogens (tertiary/aromatic N) is 1. The normalized spacial score (nSPS) is 10.6. The van der Waals surface area contributed by atoms with E-state index in [0.717, 1.165) is 0 Å². The van der Waals surface area contributed by atoms with E-state index < -0.39 is 10.1 Å². The van der Waals surface area contributed by atoms with Crippen molar-refractivity contribution in [3.8, 4) is 11.3 Å². The third kappa shape index (κ3) is 3.44. The van der Waals surface area contributed by atoms with Gasteiger partial charge in [-0.25, -0.2) is 0 Å². The van der Waals surface area contributed by atoms with Crippen molar-refractivity contribution in [2.24, 2.45) is 0 Å². The van der Waals surface area contributed by atoms with Crippen LogP contribution in [-0.4, -0.2) is 18.0 Å². The predicted molar refractivity (Wildman–Crippen MR) is 58.3 cm³/mol.